The van der Waals surface area contributed by atoms with Gasteiger partial charge < -0.3 is 21.1 Å². The summed E-state index contributed by atoms with van der Waals surface area (Å²) in [6.45, 7) is 2.84. The van der Waals surface area contributed by atoms with Gasteiger partial charge in [0.25, 0.3) is 0 Å². The molecule has 0 atom stereocenters. The highest BCUT2D eigenvalue weighted by molar-refractivity contribution is 5.78. The summed E-state index contributed by atoms with van der Waals surface area (Å²) in [5, 5.41) is 16.4. The number of carboxylic acid groups (broad SMARTS) is 1. The zero-order chi connectivity index (χ0) is 13.1. The third kappa shape index (κ3) is 12.3. The maximum Gasteiger partial charge on any atom is 0.303 e. The van der Waals surface area contributed by atoms with Crippen LogP contribution in [-0.2, 0) is 14.4 Å². The summed E-state index contributed by atoms with van der Waals surface area (Å²) in [5.41, 5.74) is 0. The lowest BCUT2D eigenvalue weighted by atomic mass is 10.3. The van der Waals surface area contributed by atoms with Crippen molar-refractivity contribution in [3.05, 3.63) is 0 Å². The van der Waals surface area contributed by atoms with E-state index in [0.29, 0.717) is 26.1 Å². The number of amides is 2. The fourth-order valence-electron chi connectivity index (χ4n) is 1.07. The number of carbonyl (C=O) groups is 3. The zero-order valence-corrected chi connectivity index (χ0v) is 9.91. The van der Waals surface area contributed by atoms with Gasteiger partial charge in [0.05, 0.1) is 6.54 Å². The minimum absolute atomic E-state index is 0.0944. The van der Waals surface area contributed by atoms with Crippen molar-refractivity contribution in [2.45, 2.75) is 19.8 Å². The highest BCUT2D eigenvalue weighted by atomic mass is 16.4. The van der Waals surface area contributed by atoms with Crippen LogP contribution in [0.5, 0.6) is 0 Å². The Labute approximate surface area is 100.0 Å². The number of hydrogen-bond acceptors (Lipinski definition) is 4. The molecule has 0 heterocycles. The second-order valence-electron chi connectivity index (χ2n) is 3.51. The maximum atomic E-state index is 11.2. The summed E-state index contributed by atoms with van der Waals surface area (Å²) in [4.78, 5) is 31.9. The van der Waals surface area contributed by atoms with E-state index < -0.39 is 5.97 Å². The summed E-state index contributed by atoms with van der Waals surface area (Å²) < 4.78 is 0. The van der Waals surface area contributed by atoms with Crippen molar-refractivity contribution in [3.8, 4) is 0 Å². The van der Waals surface area contributed by atoms with Gasteiger partial charge in [-0.3, -0.25) is 14.4 Å². The summed E-state index contributed by atoms with van der Waals surface area (Å²) in [6, 6.07) is 0. The van der Waals surface area contributed by atoms with Crippen molar-refractivity contribution in [3.63, 3.8) is 0 Å². The molecule has 0 aromatic carbocycles. The molecule has 0 radical (unpaired) electrons. The van der Waals surface area contributed by atoms with Crippen LogP contribution in [0.4, 0.5) is 0 Å². The molecule has 0 aliphatic heterocycles. The molecule has 0 aromatic heterocycles. The van der Waals surface area contributed by atoms with Crippen LogP contribution in [-0.4, -0.2) is 49.1 Å². The van der Waals surface area contributed by atoms with Gasteiger partial charge in [0, 0.05) is 26.4 Å². The van der Waals surface area contributed by atoms with Gasteiger partial charge in [0.1, 0.15) is 0 Å². The van der Waals surface area contributed by atoms with Gasteiger partial charge in [-0.1, -0.05) is 0 Å². The molecule has 2 amide bonds. The van der Waals surface area contributed by atoms with Crippen molar-refractivity contribution in [1.82, 2.24) is 16.0 Å². The summed E-state index contributed by atoms with van der Waals surface area (Å²) in [6.07, 6.45) is 0.589. The van der Waals surface area contributed by atoms with Crippen molar-refractivity contribution in [1.29, 1.82) is 0 Å². The SMILES string of the molecule is CC(=O)NCCNC(=O)CNCCCC(=O)O. The first-order valence-corrected chi connectivity index (χ1v) is 5.46. The first kappa shape index (κ1) is 15.4. The average molecular weight is 245 g/mol. The largest absolute Gasteiger partial charge is 0.481 e. The smallest absolute Gasteiger partial charge is 0.303 e. The average Bonchev–Trinajstić information content (AvgIpc) is 2.23. The predicted octanol–water partition coefficient (Wildman–Crippen LogP) is -1.31. The Bertz CT molecular complexity index is 268. The number of carboxylic acids is 1. The molecule has 0 spiro atoms. The van der Waals surface area contributed by atoms with Gasteiger partial charge in [-0.2, -0.15) is 0 Å². The van der Waals surface area contributed by atoms with Crippen LogP contribution in [0.15, 0.2) is 0 Å². The van der Waals surface area contributed by atoms with Crippen LogP contribution in [0.2, 0.25) is 0 Å². The van der Waals surface area contributed by atoms with E-state index in [-0.39, 0.29) is 24.8 Å². The monoisotopic (exact) mass is 245 g/mol. The molecule has 0 unspecified atom stereocenters. The minimum atomic E-state index is -0.841. The van der Waals surface area contributed by atoms with Gasteiger partial charge in [0.15, 0.2) is 0 Å². The molecule has 0 saturated carbocycles. The molecule has 4 N–H and O–H groups in total. The molecule has 17 heavy (non-hydrogen) atoms. The van der Waals surface area contributed by atoms with E-state index in [1.54, 1.807) is 0 Å². The van der Waals surface area contributed by atoms with Crippen LogP contribution in [0.3, 0.4) is 0 Å². The number of aliphatic carboxylic acids is 1. The zero-order valence-electron chi connectivity index (χ0n) is 9.91. The van der Waals surface area contributed by atoms with Crippen LogP contribution < -0.4 is 16.0 Å². The van der Waals surface area contributed by atoms with Crippen molar-refractivity contribution >= 4 is 17.8 Å². The van der Waals surface area contributed by atoms with Gasteiger partial charge in [0.2, 0.25) is 11.8 Å². The Hall–Kier alpha value is -1.63. The molecular formula is C10H19N3O4. The Morgan fingerprint density at radius 1 is 1.06 bits per heavy atom. The third-order valence-electron chi connectivity index (χ3n) is 1.85. The van der Waals surface area contributed by atoms with Gasteiger partial charge in [-0.25, -0.2) is 0 Å². The number of hydrogen-bond donors (Lipinski definition) is 4. The highest BCUT2D eigenvalue weighted by Crippen LogP contribution is 1.85. The second kappa shape index (κ2) is 9.59. The van der Waals surface area contributed by atoms with E-state index in [2.05, 4.69) is 16.0 Å². The number of nitrogens with one attached hydrogen (secondary N) is 3. The van der Waals surface area contributed by atoms with E-state index in [0.717, 1.165) is 0 Å². The molecule has 0 saturated heterocycles. The maximum absolute atomic E-state index is 11.2. The summed E-state index contributed by atoms with van der Waals surface area (Å²) in [7, 11) is 0. The molecule has 0 rings (SSSR count). The third-order valence-corrected chi connectivity index (χ3v) is 1.85. The van der Waals surface area contributed by atoms with Crippen molar-refractivity contribution in [2.75, 3.05) is 26.2 Å². The molecular weight excluding hydrogens is 226 g/mol. The van der Waals surface area contributed by atoms with E-state index in [4.69, 9.17) is 5.11 Å². The van der Waals surface area contributed by atoms with E-state index in [1.165, 1.54) is 6.92 Å². The number of carbonyl (C=O) groups excluding carboxylic acids is 2. The number of rotatable bonds is 9. The van der Waals surface area contributed by atoms with Crippen LogP contribution >= 0.6 is 0 Å². The van der Waals surface area contributed by atoms with Crippen LogP contribution in [0.1, 0.15) is 19.8 Å². The topological polar surface area (TPSA) is 108 Å². The van der Waals surface area contributed by atoms with Gasteiger partial charge >= 0.3 is 5.97 Å². The quantitative estimate of drug-likeness (QED) is 0.377. The minimum Gasteiger partial charge on any atom is -0.481 e. The molecule has 0 fully saturated rings. The summed E-state index contributed by atoms with van der Waals surface area (Å²) in [5.74, 6) is -1.15. The molecule has 0 aliphatic rings. The summed E-state index contributed by atoms with van der Waals surface area (Å²) >= 11 is 0. The van der Waals surface area contributed by atoms with Gasteiger partial charge in [-0.05, 0) is 13.0 Å². The predicted molar refractivity (Wildman–Crippen MR) is 61.4 cm³/mol. The van der Waals surface area contributed by atoms with Crippen LogP contribution in [0, 0.1) is 0 Å². The Morgan fingerprint density at radius 3 is 2.29 bits per heavy atom. The second-order valence-corrected chi connectivity index (χ2v) is 3.51. The van der Waals surface area contributed by atoms with E-state index in [1.807, 2.05) is 0 Å². The fraction of sp³-hybridized carbons (Fsp3) is 0.700. The van der Waals surface area contributed by atoms with Crippen molar-refractivity contribution < 1.29 is 19.5 Å². The molecule has 0 bridgehead atoms. The lowest BCUT2D eigenvalue weighted by molar-refractivity contribution is -0.137. The van der Waals surface area contributed by atoms with E-state index >= 15 is 0 Å². The van der Waals surface area contributed by atoms with E-state index in [9.17, 15) is 14.4 Å². The molecule has 7 nitrogen and oxygen atoms in total. The highest BCUT2D eigenvalue weighted by Gasteiger charge is 2.00. The molecule has 0 aromatic rings. The standard InChI is InChI=1S/C10H19N3O4/c1-8(14)12-5-6-13-9(15)7-11-4-2-3-10(16)17/h11H,2-7H2,1H3,(H,12,14)(H,13,15)(H,16,17). The molecule has 98 valence electrons. The fourth-order valence-corrected chi connectivity index (χ4v) is 1.07. The van der Waals surface area contributed by atoms with Crippen molar-refractivity contribution in [2.24, 2.45) is 0 Å². The Kier molecular flexibility index (Phi) is 8.67. The Morgan fingerprint density at radius 2 is 1.71 bits per heavy atom. The first-order valence-electron chi connectivity index (χ1n) is 5.46. The Balaban J connectivity index is 3.29. The van der Waals surface area contributed by atoms with Crippen LogP contribution in [0.25, 0.3) is 0 Å². The lowest BCUT2D eigenvalue weighted by Gasteiger charge is -2.06. The normalized spacial score (nSPS) is 9.71. The van der Waals surface area contributed by atoms with Gasteiger partial charge in [-0.15, -0.1) is 0 Å². The first-order chi connectivity index (χ1) is 8.02. The lowest BCUT2D eigenvalue weighted by Crippen LogP contribution is -2.38. The molecule has 7 heteroatoms. The molecule has 0 aliphatic carbocycles.